The second-order valence-electron chi connectivity index (χ2n) is 4.80. The Morgan fingerprint density at radius 3 is 2.29 bits per heavy atom. The van der Waals surface area contributed by atoms with E-state index in [4.69, 9.17) is 5.11 Å². The molecule has 0 saturated heterocycles. The lowest BCUT2D eigenvalue weighted by Crippen LogP contribution is -2.07. The first kappa shape index (κ1) is 16.0. The molecule has 0 amide bonds. The van der Waals surface area contributed by atoms with Crippen LogP contribution >= 0.6 is 31.9 Å². The number of anilines is 1. The molecule has 0 radical (unpaired) electrons. The van der Waals surface area contributed by atoms with Crippen molar-refractivity contribution in [2.45, 2.75) is 19.9 Å². The standard InChI is InChI=1S/C16H15Br2NO2/c1-10-6-13(17)16(14(18)7-10)19-9-12-5-3-2-4-11(12)8-15(20)21/h2-7,19H,8-9H2,1H3,(H,20,21). The maximum Gasteiger partial charge on any atom is 0.307 e. The van der Waals surface area contributed by atoms with Gasteiger partial charge in [0.25, 0.3) is 0 Å². The number of aryl methyl sites for hydroxylation is 1. The van der Waals surface area contributed by atoms with E-state index in [1.54, 1.807) is 0 Å². The summed E-state index contributed by atoms with van der Waals surface area (Å²) in [6.45, 7) is 2.60. The third-order valence-corrected chi connectivity index (χ3v) is 4.35. The van der Waals surface area contributed by atoms with E-state index in [9.17, 15) is 4.79 Å². The minimum atomic E-state index is -0.819. The van der Waals surface area contributed by atoms with Gasteiger partial charge in [-0.2, -0.15) is 0 Å². The molecule has 0 aromatic heterocycles. The van der Waals surface area contributed by atoms with Crippen LogP contribution in [0.5, 0.6) is 0 Å². The average molecular weight is 413 g/mol. The van der Waals surface area contributed by atoms with Gasteiger partial charge in [-0.3, -0.25) is 4.79 Å². The van der Waals surface area contributed by atoms with Gasteiger partial charge in [0, 0.05) is 15.5 Å². The highest BCUT2D eigenvalue weighted by Gasteiger charge is 2.09. The number of carboxylic acids is 1. The normalized spacial score (nSPS) is 10.4. The van der Waals surface area contributed by atoms with E-state index in [1.807, 2.05) is 43.3 Å². The Labute approximate surface area is 140 Å². The van der Waals surface area contributed by atoms with E-state index in [0.29, 0.717) is 6.54 Å². The van der Waals surface area contributed by atoms with E-state index >= 15 is 0 Å². The van der Waals surface area contributed by atoms with Crippen LogP contribution in [0.4, 0.5) is 5.69 Å². The Kier molecular flexibility index (Phi) is 5.42. The van der Waals surface area contributed by atoms with Crippen molar-refractivity contribution in [1.82, 2.24) is 0 Å². The molecule has 5 heteroatoms. The van der Waals surface area contributed by atoms with Crippen molar-refractivity contribution >= 4 is 43.5 Å². The zero-order valence-corrected chi connectivity index (χ0v) is 14.7. The summed E-state index contributed by atoms with van der Waals surface area (Å²) in [4.78, 5) is 10.9. The van der Waals surface area contributed by atoms with Crippen molar-refractivity contribution in [3.63, 3.8) is 0 Å². The molecule has 2 rings (SSSR count). The highest BCUT2D eigenvalue weighted by Crippen LogP contribution is 2.32. The van der Waals surface area contributed by atoms with Crippen LogP contribution in [0.1, 0.15) is 16.7 Å². The predicted molar refractivity (Wildman–Crippen MR) is 91.7 cm³/mol. The summed E-state index contributed by atoms with van der Waals surface area (Å²) in [5, 5.41) is 12.3. The van der Waals surface area contributed by atoms with Gasteiger partial charge in [-0.05, 0) is 67.6 Å². The van der Waals surface area contributed by atoms with Gasteiger partial charge >= 0.3 is 5.97 Å². The van der Waals surface area contributed by atoms with Crippen molar-refractivity contribution in [3.05, 3.63) is 62.0 Å². The van der Waals surface area contributed by atoms with Crippen LogP contribution in [0, 0.1) is 6.92 Å². The summed E-state index contributed by atoms with van der Waals surface area (Å²) in [5.74, 6) is -0.819. The number of halogens is 2. The molecule has 0 aliphatic heterocycles. The van der Waals surface area contributed by atoms with Crippen molar-refractivity contribution in [2.24, 2.45) is 0 Å². The second kappa shape index (κ2) is 7.09. The number of nitrogens with one attached hydrogen (secondary N) is 1. The number of rotatable bonds is 5. The summed E-state index contributed by atoms with van der Waals surface area (Å²) in [7, 11) is 0. The lowest BCUT2D eigenvalue weighted by atomic mass is 10.0. The number of hydrogen-bond acceptors (Lipinski definition) is 2. The topological polar surface area (TPSA) is 49.3 Å². The van der Waals surface area contributed by atoms with E-state index < -0.39 is 5.97 Å². The molecule has 0 aliphatic rings. The Hall–Kier alpha value is -1.33. The van der Waals surface area contributed by atoms with Gasteiger partial charge in [-0.15, -0.1) is 0 Å². The van der Waals surface area contributed by atoms with Gasteiger partial charge in [-0.25, -0.2) is 0 Å². The van der Waals surface area contributed by atoms with Crippen LogP contribution in [0.2, 0.25) is 0 Å². The van der Waals surface area contributed by atoms with E-state index in [2.05, 4.69) is 37.2 Å². The Bertz CT molecular complexity index is 648. The van der Waals surface area contributed by atoms with Crippen LogP contribution in [0.25, 0.3) is 0 Å². The zero-order chi connectivity index (χ0) is 15.4. The predicted octanol–water partition coefficient (Wildman–Crippen LogP) is 4.76. The molecule has 0 fully saturated rings. The van der Waals surface area contributed by atoms with Crippen molar-refractivity contribution < 1.29 is 9.90 Å². The summed E-state index contributed by atoms with van der Waals surface area (Å²) < 4.78 is 1.95. The third-order valence-electron chi connectivity index (χ3n) is 3.10. The largest absolute Gasteiger partial charge is 0.481 e. The van der Waals surface area contributed by atoms with Gasteiger partial charge in [0.15, 0.2) is 0 Å². The highest BCUT2D eigenvalue weighted by atomic mass is 79.9. The molecule has 0 saturated carbocycles. The van der Waals surface area contributed by atoms with E-state index in [-0.39, 0.29) is 6.42 Å². The number of carbonyl (C=O) groups is 1. The Balaban J connectivity index is 2.19. The molecule has 0 atom stereocenters. The first-order chi connectivity index (χ1) is 9.97. The molecule has 0 bridgehead atoms. The summed E-state index contributed by atoms with van der Waals surface area (Å²) in [6, 6.07) is 11.7. The zero-order valence-electron chi connectivity index (χ0n) is 11.5. The van der Waals surface area contributed by atoms with Crippen LogP contribution in [-0.2, 0) is 17.8 Å². The lowest BCUT2D eigenvalue weighted by Gasteiger charge is -2.14. The van der Waals surface area contributed by atoms with Crippen LogP contribution in [0.3, 0.4) is 0 Å². The van der Waals surface area contributed by atoms with Gasteiger partial charge < -0.3 is 10.4 Å². The fourth-order valence-electron chi connectivity index (χ4n) is 2.12. The maximum atomic E-state index is 10.9. The molecular formula is C16H15Br2NO2. The second-order valence-corrected chi connectivity index (χ2v) is 6.51. The number of carboxylic acid groups (broad SMARTS) is 1. The van der Waals surface area contributed by atoms with Crippen LogP contribution < -0.4 is 5.32 Å². The summed E-state index contributed by atoms with van der Waals surface area (Å²) >= 11 is 7.09. The fourth-order valence-corrected chi connectivity index (χ4v) is 3.81. The van der Waals surface area contributed by atoms with Crippen molar-refractivity contribution in [1.29, 1.82) is 0 Å². The molecule has 2 aromatic rings. The molecule has 2 N–H and O–H groups in total. The average Bonchev–Trinajstić information content (AvgIpc) is 2.38. The van der Waals surface area contributed by atoms with E-state index in [1.165, 1.54) is 0 Å². The first-order valence-corrected chi connectivity index (χ1v) is 8.04. The summed E-state index contributed by atoms with van der Waals surface area (Å²) in [5.41, 5.74) is 3.94. The van der Waals surface area contributed by atoms with Gasteiger partial charge in [-0.1, -0.05) is 24.3 Å². The minimum Gasteiger partial charge on any atom is -0.481 e. The van der Waals surface area contributed by atoms with Gasteiger partial charge in [0.05, 0.1) is 12.1 Å². The number of aliphatic carboxylic acids is 1. The van der Waals surface area contributed by atoms with Crippen LogP contribution in [-0.4, -0.2) is 11.1 Å². The summed E-state index contributed by atoms with van der Waals surface area (Å²) in [6.07, 6.45) is 0.0358. The van der Waals surface area contributed by atoms with Crippen molar-refractivity contribution in [2.75, 3.05) is 5.32 Å². The molecular weight excluding hydrogens is 398 g/mol. The molecule has 21 heavy (non-hydrogen) atoms. The lowest BCUT2D eigenvalue weighted by molar-refractivity contribution is -0.136. The Morgan fingerprint density at radius 1 is 1.14 bits per heavy atom. The fraction of sp³-hybridized carbons (Fsp3) is 0.188. The van der Waals surface area contributed by atoms with Gasteiger partial charge in [0.1, 0.15) is 0 Å². The number of hydrogen-bond donors (Lipinski definition) is 2. The number of benzene rings is 2. The molecule has 0 heterocycles. The van der Waals surface area contributed by atoms with Gasteiger partial charge in [0.2, 0.25) is 0 Å². The highest BCUT2D eigenvalue weighted by molar-refractivity contribution is 9.11. The molecule has 3 nitrogen and oxygen atoms in total. The first-order valence-electron chi connectivity index (χ1n) is 6.45. The van der Waals surface area contributed by atoms with E-state index in [0.717, 1.165) is 31.3 Å². The SMILES string of the molecule is Cc1cc(Br)c(NCc2ccccc2CC(=O)O)c(Br)c1. The molecule has 0 aliphatic carbocycles. The Morgan fingerprint density at radius 2 is 1.71 bits per heavy atom. The minimum absolute atomic E-state index is 0.0358. The smallest absolute Gasteiger partial charge is 0.307 e. The molecule has 110 valence electrons. The quantitative estimate of drug-likeness (QED) is 0.744. The molecule has 0 spiro atoms. The van der Waals surface area contributed by atoms with Crippen LogP contribution in [0.15, 0.2) is 45.3 Å². The third kappa shape index (κ3) is 4.32. The van der Waals surface area contributed by atoms with Crippen molar-refractivity contribution in [3.8, 4) is 0 Å². The maximum absolute atomic E-state index is 10.9. The monoisotopic (exact) mass is 411 g/mol. The molecule has 2 aromatic carbocycles. The molecule has 0 unspecified atom stereocenters.